The Morgan fingerprint density at radius 1 is 0.256 bits per heavy atom. The summed E-state index contributed by atoms with van der Waals surface area (Å²) in [4.78, 5) is 38.4. The van der Waals surface area contributed by atoms with Gasteiger partial charge in [0.25, 0.3) is 0 Å². The topological polar surface area (TPSA) is 78.9 Å². The molecular weight excluding hydrogens is 1010 g/mol. The Morgan fingerprint density at radius 2 is 0.476 bits per heavy atom. The van der Waals surface area contributed by atoms with Gasteiger partial charge in [0.1, 0.15) is 13.2 Å². The lowest BCUT2D eigenvalue weighted by Gasteiger charge is -2.18. The number of hydrogen-bond acceptors (Lipinski definition) is 6. The summed E-state index contributed by atoms with van der Waals surface area (Å²) in [5.41, 5.74) is 0. The molecule has 468 valence electrons. The molecule has 0 fully saturated rings. The van der Waals surface area contributed by atoms with Gasteiger partial charge in [-0.1, -0.05) is 309 Å². The molecule has 0 spiro atoms. The van der Waals surface area contributed by atoms with E-state index in [0.717, 1.165) is 128 Å². The molecule has 0 rings (SSSR count). The molecule has 0 radical (unpaired) electrons. The van der Waals surface area contributed by atoms with Gasteiger partial charge in [-0.3, -0.25) is 14.4 Å². The zero-order chi connectivity index (χ0) is 59.2. The number of carbonyl (C=O) groups excluding carboxylic acids is 3. The fraction of sp³-hybridized carbons (Fsp3) is 0.697. The van der Waals surface area contributed by atoms with Gasteiger partial charge in [0.2, 0.25) is 0 Å². The van der Waals surface area contributed by atoms with Crippen molar-refractivity contribution in [3.63, 3.8) is 0 Å². The summed E-state index contributed by atoms with van der Waals surface area (Å²) in [7, 11) is 0. The molecule has 0 aromatic heterocycles. The van der Waals surface area contributed by atoms with Crippen molar-refractivity contribution in [2.75, 3.05) is 13.2 Å². The molecule has 6 heteroatoms. The quantitative estimate of drug-likeness (QED) is 0.0261. The Labute approximate surface area is 507 Å². The van der Waals surface area contributed by atoms with Gasteiger partial charge in [-0.2, -0.15) is 0 Å². The van der Waals surface area contributed by atoms with Crippen LogP contribution in [-0.4, -0.2) is 37.2 Å². The van der Waals surface area contributed by atoms with Crippen molar-refractivity contribution in [3.8, 4) is 0 Å². The summed E-state index contributed by atoms with van der Waals surface area (Å²) in [6, 6.07) is 0. The van der Waals surface area contributed by atoms with Crippen molar-refractivity contribution in [2.45, 2.75) is 329 Å². The molecule has 1 atom stereocenters. The third-order valence-electron chi connectivity index (χ3n) is 14.7. The van der Waals surface area contributed by atoms with E-state index in [1.165, 1.54) is 148 Å². The van der Waals surface area contributed by atoms with Gasteiger partial charge in [0.15, 0.2) is 6.10 Å². The Bertz CT molecular complexity index is 1690. The minimum absolute atomic E-state index is 0.0990. The number of ether oxygens (including phenoxy) is 3. The first-order chi connectivity index (χ1) is 40.5. The number of hydrogen-bond donors (Lipinski definition) is 0. The van der Waals surface area contributed by atoms with E-state index in [2.05, 4.69) is 142 Å². The number of unbranched alkanes of at least 4 members (excludes halogenated alkanes) is 31. The lowest BCUT2D eigenvalue weighted by molar-refractivity contribution is -0.167. The van der Waals surface area contributed by atoms with Crippen LogP contribution >= 0.6 is 0 Å². The second kappa shape index (κ2) is 69.3. The van der Waals surface area contributed by atoms with Crippen molar-refractivity contribution in [1.82, 2.24) is 0 Å². The molecule has 0 amide bonds. The van der Waals surface area contributed by atoms with E-state index in [0.29, 0.717) is 25.7 Å². The lowest BCUT2D eigenvalue weighted by atomic mass is 10.0. The van der Waals surface area contributed by atoms with Gasteiger partial charge in [-0.25, -0.2) is 0 Å². The maximum Gasteiger partial charge on any atom is 0.306 e. The Balaban J connectivity index is 4.45. The van der Waals surface area contributed by atoms with Crippen molar-refractivity contribution >= 4 is 17.9 Å². The standard InChI is InChI=1S/C76H128O6/c1-4-7-10-13-16-19-22-25-28-31-33-35-36-37-38-39-40-42-43-45-48-51-54-57-60-63-66-69-75(78)81-72-73(71-80-74(77)68-65-62-59-56-53-50-47-30-27-24-21-18-15-12-9-6-3)82-76(79)70-67-64-61-58-55-52-49-46-44-41-34-32-29-26-23-20-17-14-11-8-5-2/h7,10,16,19,21,24-25,28,30,33,35,37-38,40,42,45,47-48,54,57,73H,4-6,8-9,11-15,17-18,20,22-23,26-27,29,31-32,34,36,39,41,43-44,46,49-53,55-56,58-72H2,1-3H3/b10-7-,19-16-,24-21-,28-25-,35-33-,38-37-,42-40-,47-30-,48-45-,57-54-. The maximum absolute atomic E-state index is 13.0. The molecule has 82 heavy (non-hydrogen) atoms. The number of carbonyl (C=O) groups is 3. The smallest absolute Gasteiger partial charge is 0.306 e. The molecule has 0 aliphatic carbocycles. The highest BCUT2D eigenvalue weighted by atomic mass is 16.6. The molecule has 0 aromatic rings. The van der Waals surface area contributed by atoms with Crippen LogP contribution in [0.25, 0.3) is 0 Å². The Hall–Kier alpha value is -4.19. The van der Waals surface area contributed by atoms with Crippen LogP contribution in [0.3, 0.4) is 0 Å². The van der Waals surface area contributed by atoms with Crippen molar-refractivity contribution in [1.29, 1.82) is 0 Å². The number of allylic oxidation sites excluding steroid dienone is 20. The predicted molar refractivity (Wildman–Crippen MR) is 357 cm³/mol. The fourth-order valence-corrected chi connectivity index (χ4v) is 9.55. The summed E-state index contributed by atoms with van der Waals surface area (Å²) in [6.45, 7) is 6.50. The second-order valence-electron chi connectivity index (χ2n) is 22.7. The molecule has 0 saturated carbocycles. The monoisotopic (exact) mass is 1140 g/mol. The zero-order valence-electron chi connectivity index (χ0n) is 53.7. The first-order valence-corrected chi connectivity index (χ1v) is 34.5. The normalized spacial score (nSPS) is 12.9. The molecule has 0 aliphatic heterocycles. The fourth-order valence-electron chi connectivity index (χ4n) is 9.55. The van der Waals surface area contributed by atoms with E-state index in [-0.39, 0.29) is 31.1 Å². The van der Waals surface area contributed by atoms with Crippen molar-refractivity contribution < 1.29 is 28.6 Å². The minimum Gasteiger partial charge on any atom is -0.462 e. The van der Waals surface area contributed by atoms with Crippen molar-refractivity contribution in [2.24, 2.45) is 0 Å². The predicted octanol–water partition coefficient (Wildman–Crippen LogP) is 23.9. The highest BCUT2D eigenvalue weighted by Gasteiger charge is 2.19. The Morgan fingerprint density at radius 3 is 0.780 bits per heavy atom. The van der Waals surface area contributed by atoms with Gasteiger partial charge in [0.05, 0.1) is 0 Å². The highest BCUT2D eigenvalue weighted by molar-refractivity contribution is 5.71. The van der Waals surface area contributed by atoms with Crippen LogP contribution in [0, 0.1) is 0 Å². The van der Waals surface area contributed by atoms with E-state index in [9.17, 15) is 14.4 Å². The molecule has 0 N–H and O–H groups in total. The Kier molecular flexibility index (Phi) is 65.8. The summed E-state index contributed by atoms with van der Waals surface area (Å²) in [5, 5.41) is 0. The minimum atomic E-state index is -0.806. The van der Waals surface area contributed by atoms with Gasteiger partial charge in [-0.05, 0) is 116 Å². The highest BCUT2D eigenvalue weighted by Crippen LogP contribution is 2.17. The molecule has 1 unspecified atom stereocenters. The number of esters is 3. The average molecular weight is 1140 g/mol. The lowest BCUT2D eigenvalue weighted by Crippen LogP contribution is -2.30. The van der Waals surface area contributed by atoms with E-state index < -0.39 is 6.10 Å². The van der Waals surface area contributed by atoms with Crippen LogP contribution in [0.2, 0.25) is 0 Å². The van der Waals surface area contributed by atoms with Crippen LogP contribution in [0.4, 0.5) is 0 Å². The maximum atomic E-state index is 13.0. The second-order valence-corrected chi connectivity index (χ2v) is 22.7. The van der Waals surface area contributed by atoms with E-state index in [1.807, 2.05) is 0 Å². The zero-order valence-corrected chi connectivity index (χ0v) is 53.7. The van der Waals surface area contributed by atoms with E-state index >= 15 is 0 Å². The summed E-state index contributed by atoms with van der Waals surface area (Å²) in [6.07, 6.45) is 96.4. The van der Waals surface area contributed by atoms with Crippen LogP contribution in [0.5, 0.6) is 0 Å². The average Bonchev–Trinajstić information content (AvgIpc) is 3.47. The first kappa shape index (κ1) is 77.8. The molecule has 0 aliphatic rings. The van der Waals surface area contributed by atoms with Crippen LogP contribution in [0.1, 0.15) is 323 Å². The molecular formula is C76H128O6. The van der Waals surface area contributed by atoms with Gasteiger partial charge < -0.3 is 14.2 Å². The molecule has 0 aromatic carbocycles. The van der Waals surface area contributed by atoms with Crippen LogP contribution in [0.15, 0.2) is 122 Å². The van der Waals surface area contributed by atoms with Gasteiger partial charge in [0, 0.05) is 19.3 Å². The largest absolute Gasteiger partial charge is 0.462 e. The summed E-state index contributed by atoms with van der Waals surface area (Å²) >= 11 is 0. The third kappa shape index (κ3) is 66.6. The summed E-state index contributed by atoms with van der Waals surface area (Å²) < 4.78 is 16.9. The van der Waals surface area contributed by atoms with Crippen LogP contribution < -0.4 is 0 Å². The summed E-state index contributed by atoms with van der Waals surface area (Å²) in [5.74, 6) is -0.945. The van der Waals surface area contributed by atoms with Crippen LogP contribution in [-0.2, 0) is 28.6 Å². The van der Waals surface area contributed by atoms with Crippen molar-refractivity contribution in [3.05, 3.63) is 122 Å². The van der Waals surface area contributed by atoms with Gasteiger partial charge >= 0.3 is 17.9 Å². The number of rotatable bonds is 62. The molecule has 0 saturated heterocycles. The van der Waals surface area contributed by atoms with E-state index in [4.69, 9.17) is 14.2 Å². The molecule has 0 bridgehead atoms. The third-order valence-corrected chi connectivity index (χ3v) is 14.7. The van der Waals surface area contributed by atoms with E-state index in [1.54, 1.807) is 0 Å². The van der Waals surface area contributed by atoms with Gasteiger partial charge in [-0.15, -0.1) is 0 Å². The first-order valence-electron chi connectivity index (χ1n) is 34.5. The molecule has 6 nitrogen and oxygen atoms in total. The SMILES string of the molecule is CC/C=C\C/C=C\C/C=C\C/C=C\C/C=C\C/C=C\C/C=C\C/C=C\CCCCC(=O)OCC(COC(=O)CCCCCCC/C=C\C/C=C\CCCCCC)OC(=O)CCCCCCCCCCCCCCCCCCCCCCC. The molecule has 0 heterocycles.